The van der Waals surface area contributed by atoms with Crippen LogP contribution in [0.1, 0.15) is 52.9 Å². The molecule has 1 aliphatic heterocycles. The van der Waals surface area contributed by atoms with Gasteiger partial charge in [0.25, 0.3) is 5.91 Å². The van der Waals surface area contributed by atoms with E-state index in [0.29, 0.717) is 29.5 Å². The molecular formula is C25H31ClN4O3. The van der Waals surface area contributed by atoms with E-state index in [9.17, 15) is 14.7 Å². The number of nitrogens with one attached hydrogen (secondary N) is 2. The third-order valence-corrected chi connectivity index (χ3v) is 7.13. The van der Waals surface area contributed by atoms with Crippen molar-refractivity contribution in [3.05, 3.63) is 63.9 Å². The number of aliphatic hydroxyl groups is 1. The summed E-state index contributed by atoms with van der Waals surface area (Å²) in [5, 5.41) is 17.0. The first-order valence-electron chi connectivity index (χ1n) is 11.5. The topological polar surface area (TPSA) is 94.6 Å². The summed E-state index contributed by atoms with van der Waals surface area (Å²) in [6, 6.07) is 9.64. The Morgan fingerprint density at radius 2 is 1.91 bits per heavy atom. The summed E-state index contributed by atoms with van der Waals surface area (Å²) >= 11 is 6.09. The van der Waals surface area contributed by atoms with Crippen LogP contribution in [0.3, 0.4) is 0 Å². The van der Waals surface area contributed by atoms with Gasteiger partial charge in [0.2, 0.25) is 5.91 Å². The SMILES string of the molecule is Cc1ccc(Cl)c(C(=O)NCC(=O)NC2CN(C3CCC(O)(c4ccc(C)nc4)CC3)C2)c1. The normalized spacial score (nSPS) is 23.6. The van der Waals surface area contributed by atoms with Gasteiger partial charge in [-0.05, 0) is 57.7 Å². The second-order valence-electron chi connectivity index (χ2n) is 9.34. The minimum absolute atomic E-state index is 0.0825. The molecule has 7 nitrogen and oxygen atoms in total. The molecule has 2 heterocycles. The van der Waals surface area contributed by atoms with Gasteiger partial charge < -0.3 is 15.7 Å². The predicted octanol–water partition coefficient (Wildman–Crippen LogP) is 2.71. The van der Waals surface area contributed by atoms with Crippen LogP contribution in [-0.4, -0.2) is 58.5 Å². The average Bonchev–Trinajstić information content (AvgIpc) is 2.77. The van der Waals surface area contributed by atoms with Crippen molar-refractivity contribution in [1.82, 2.24) is 20.5 Å². The van der Waals surface area contributed by atoms with Crippen molar-refractivity contribution in [2.75, 3.05) is 19.6 Å². The van der Waals surface area contributed by atoms with Crippen LogP contribution < -0.4 is 10.6 Å². The zero-order chi connectivity index (χ0) is 23.6. The lowest BCUT2D eigenvalue weighted by molar-refractivity contribution is -0.122. The number of amides is 2. The second-order valence-corrected chi connectivity index (χ2v) is 9.74. The van der Waals surface area contributed by atoms with E-state index < -0.39 is 5.60 Å². The molecule has 8 heteroatoms. The molecule has 2 fully saturated rings. The molecule has 1 saturated heterocycles. The molecular weight excluding hydrogens is 440 g/mol. The lowest BCUT2D eigenvalue weighted by Crippen LogP contribution is -2.63. The average molecular weight is 471 g/mol. The Kier molecular flexibility index (Phi) is 7.02. The second kappa shape index (κ2) is 9.79. The first-order chi connectivity index (χ1) is 15.7. The van der Waals surface area contributed by atoms with Gasteiger partial charge in [-0.1, -0.05) is 29.3 Å². The van der Waals surface area contributed by atoms with Crippen LogP contribution in [0.15, 0.2) is 36.5 Å². The number of pyridine rings is 1. The molecule has 0 spiro atoms. The van der Waals surface area contributed by atoms with Gasteiger partial charge in [0.1, 0.15) is 0 Å². The zero-order valence-corrected chi connectivity index (χ0v) is 19.9. The quantitative estimate of drug-likeness (QED) is 0.603. The fourth-order valence-electron chi connectivity index (χ4n) is 4.73. The lowest BCUT2D eigenvalue weighted by atomic mass is 9.77. The van der Waals surface area contributed by atoms with Crippen LogP contribution >= 0.6 is 11.6 Å². The molecule has 3 N–H and O–H groups in total. The summed E-state index contributed by atoms with van der Waals surface area (Å²) in [5.41, 5.74) is 2.35. The molecule has 1 aliphatic carbocycles. The van der Waals surface area contributed by atoms with Crippen molar-refractivity contribution in [3.63, 3.8) is 0 Å². The molecule has 2 aliphatic rings. The maximum absolute atomic E-state index is 12.3. The van der Waals surface area contributed by atoms with Gasteiger partial charge in [0.15, 0.2) is 0 Å². The highest BCUT2D eigenvalue weighted by Crippen LogP contribution is 2.39. The number of carbonyl (C=O) groups excluding carboxylic acids is 2. The molecule has 1 saturated carbocycles. The van der Waals surface area contributed by atoms with Gasteiger partial charge in [-0.15, -0.1) is 0 Å². The standard InChI is InChI=1S/C25H31ClN4O3/c1-16-3-6-22(26)21(11-16)24(32)28-13-23(31)29-19-14-30(15-19)20-7-9-25(33,10-8-20)18-5-4-17(2)27-12-18/h3-6,11-12,19-20,33H,7-10,13-15H2,1-2H3,(H,28,32)(H,29,31). The van der Waals surface area contributed by atoms with E-state index in [1.807, 2.05) is 32.0 Å². The van der Waals surface area contributed by atoms with Crippen molar-refractivity contribution < 1.29 is 14.7 Å². The highest BCUT2D eigenvalue weighted by Gasteiger charge is 2.40. The summed E-state index contributed by atoms with van der Waals surface area (Å²) in [5.74, 6) is -0.561. The molecule has 1 aromatic carbocycles. The predicted molar refractivity (Wildman–Crippen MR) is 127 cm³/mol. The van der Waals surface area contributed by atoms with Gasteiger partial charge >= 0.3 is 0 Å². The van der Waals surface area contributed by atoms with E-state index in [1.54, 1.807) is 18.3 Å². The van der Waals surface area contributed by atoms with Crippen molar-refractivity contribution in [3.8, 4) is 0 Å². The molecule has 176 valence electrons. The summed E-state index contributed by atoms with van der Waals surface area (Å²) in [4.78, 5) is 31.3. The molecule has 0 unspecified atom stereocenters. The van der Waals surface area contributed by atoms with E-state index in [2.05, 4.69) is 20.5 Å². The number of nitrogens with zero attached hydrogens (tertiary/aromatic N) is 2. The van der Waals surface area contributed by atoms with E-state index >= 15 is 0 Å². The summed E-state index contributed by atoms with van der Waals surface area (Å²) < 4.78 is 0. The highest BCUT2D eigenvalue weighted by molar-refractivity contribution is 6.33. The monoisotopic (exact) mass is 470 g/mol. The van der Waals surface area contributed by atoms with Crippen molar-refractivity contribution in [2.24, 2.45) is 0 Å². The Bertz CT molecular complexity index is 1010. The lowest BCUT2D eigenvalue weighted by Gasteiger charge is -2.48. The minimum Gasteiger partial charge on any atom is -0.385 e. The maximum Gasteiger partial charge on any atom is 0.253 e. The number of halogens is 1. The molecule has 4 rings (SSSR count). The Labute approximate surface area is 199 Å². The first kappa shape index (κ1) is 23.7. The van der Waals surface area contributed by atoms with E-state index in [0.717, 1.165) is 42.8 Å². The molecule has 0 bridgehead atoms. The number of benzene rings is 1. The van der Waals surface area contributed by atoms with Gasteiger partial charge in [-0.2, -0.15) is 0 Å². The van der Waals surface area contributed by atoms with Crippen LogP contribution in [0.25, 0.3) is 0 Å². The van der Waals surface area contributed by atoms with E-state index in [-0.39, 0.29) is 24.4 Å². The summed E-state index contributed by atoms with van der Waals surface area (Å²) in [6.45, 7) is 5.32. The van der Waals surface area contributed by atoms with Crippen molar-refractivity contribution in [2.45, 2.75) is 57.2 Å². The fraction of sp³-hybridized carbons (Fsp3) is 0.480. The highest BCUT2D eigenvalue weighted by atomic mass is 35.5. The molecule has 2 amide bonds. The number of rotatable bonds is 6. The number of aromatic nitrogens is 1. The van der Waals surface area contributed by atoms with Crippen molar-refractivity contribution >= 4 is 23.4 Å². The Morgan fingerprint density at radius 3 is 2.58 bits per heavy atom. The van der Waals surface area contributed by atoms with Crippen LogP contribution in [0.4, 0.5) is 0 Å². The Morgan fingerprint density at radius 1 is 1.18 bits per heavy atom. The molecule has 1 aromatic heterocycles. The number of carbonyl (C=O) groups is 2. The summed E-state index contributed by atoms with van der Waals surface area (Å²) in [7, 11) is 0. The smallest absolute Gasteiger partial charge is 0.253 e. The maximum atomic E-state index is 12.3. The minimum atomic E-state index is -0.798. The van der Waals surface area contributed by atoms with E-state index in [4.69, 9.17) is 11.6 Å². The zero-order valence-electron chi connectivity index (χ0n) is 19.1. The van der Waals surface area contributed by atoms with E-state index in [1.165, 1.54) is 0 Å². The van der Waals surface area contributed by atoms with Crippen LogP contribution in [0, 0.1) is 13.8 Å². The summed E-state index contributed by atoms with van der Waals surface area (Å²) in [6.07, 6.45) is 5.04. The Hall–Kier alpha value is -2.48. The molecule has 33 heavy (non-hydrogen) atoms. The van der Waals surface area contributed by atoms with Crippen LogP contribution in [0.2, 0.25) is 5.02 Å². The third kappa shape index (κ3) is 5.54. The van der Waals surface area contributed by atoms with Gasteiger partial charge in [0, 0.05) is 36.6 Å². The number of aryl methyl sites for hydroxylation is 2. The third-order valence-electron chi connectivity index (χ3n) is 6.80. The molecule has 2 aromatic rings. The molecule has 0 radical (unpaired) electrons. The molecule has 0 atom stereocenters. The van der Waals surface area contributed by atoms with Crippen LogP contribution in [0.5, 0.6) is 0 Å². The number of hydrogen-bond acceptors (Lipinski definition) is 5. The fourth-order valence-corrected chi connectivity index (χ4v) is 4.93. The van der Waals surface area contributed by atoms with Gasteiger partial charge in [-0.3, -0.25) is 19.5 Å². The number of likely N-dealkylation sites (tertiary alicyclic amines) is 1. The van der Waals surface area contributed by atoms with Gasteiger partial charge in [-0.25, -0.2) is 0 Å². The number of hydrogen-bond donors (Lipinski definition) is 3. The first-order valence-corrected chi connectivity index (χ1v) is 11.8. The Balaban J connectivity index is 1.18. The van der Waals surface area contributed by atoms with Gasteiger partial charge in [0.05, 0.1) is 28.8 Å². The van der Waals surface area contributed by atoms with Crippen LogP contribution in [-0.2, 0) is 10.4 Å². The van der Waals surface area contributed by atoms with Crippen molar-refractivity contribution in [1.29, 1.82) is 0 Å². The largest absolute Gasteiger partial charge is 0.385 e.